The van der Waals surface area contributed by atoms with E-state index < -0.39 is 5.97 Å². The number of nitrogens with two attached hydrogens (primary N) is 1. The number of thiazole rings is 1. The Morgan fingerprint density at radius 3 is 2.43 bits per heavy atom. The second-order valence-electron chi connectivity index (χ2n) is 6.84. The van der Waals surface area contributed by atoms with Crippen LogP contribution in [0.4, 0.5) is 5.00 Å². The van der Waals surface area contributed by atoms with Gasteiger partial charge in [-0.2, -0.15) is 0 Å². The normalized spacial score (nSPS) is 10.7. The molecule has 0 unspecified atom stereocenters. The summed E-state index contributed by atoms with van der Waals surface area (Å²) < 4.78 is 0. The zero-order valence-corrected chi connectivity index (χ0v) is 17.3. The molecule has 4 N–H and O–H groups in total. The molecule has 0 saturated carbocycles. The highest BCUT2D eigenvalue weighted by Crippen LogP contribution is 2.32. The molecular formula is C22H24N4O3S. The van der Waals surface area contributed by atoms with Gasteiger partial charge in [0.05, 0.1) is 5.69 Å². The minimum Gasteiger partial charge on any atom is -0.481 e. The van der Waals surface area contributed by atoms with E-state index in [0.29, 0.717) is 22.7 Å². The number of pyridine rings is 1. The number of rotatable bonds is 10. The Kier molecular flexibility index (Phi) is 7.64. The van der Waals surface area contributed by atoms with Crippen molar-refractivity contribution in [1.29, 1.82) is 0 Å². The van der Waals surface area contributed by atoms with Crippen LogP contribution in [-0.4, -0.2) is 27.0 Å². The minimum absolute atomic E-state index is 0.206. The van der Waals surface area contributed by atoms with E-state index in [-0.39, 0.29) is 18.9 Å². The predicted molar refractivity (Wildman–Crippen MR) is 117 cm³/mol. The van der Waals surface area contributed by atoms with E-state index in [1.54, 1.807) is 24.5 Å². The number of aryl methyl sites for hydroxylation is 1. The van der Waals surface area contributed by atoms with Crippen LogP contribution in [0.15, 0.2) is 48.8 Å². The fraction of sp³-hybridized carbons (Fsp3) is 0.273. The van der Waals surface area contributed by atoms with E-state index in [1.807, 2.05) is 24.3 Å². The lowest BCUT2D eigenvalue weighted by molar-refractivity contribution is -0.137. The number of carboxylic acid groups (broad SMARTS) is 1. The molecule has 30 heavy (non-hydrogen) atoms. The van der Waals surface area contributed by atoms with Gasteiger partial charge in [-0.1, -0.05) is 29.9 Å². The average Bonchev–Trinajstić information content (AvgIpc) is 3.17. The van der Waals surface area contributed by atoms with E-state index in [2.05, 4.69) is 15.3 Å². The fourth-order valence-corrected chi connectivity index (χ4v) is 3.98. The Bertz CT molecular complexity index is 987. The molecular weight excluding hydrogens is 400 g/mol. The van der Waals surface area contributed by atoms with Crippen LogP contribution in [-0.2, 0) is 17.8 Å². The smallest absolute Gasteiger partial charge is 0.303 e. The molecule has 0 aliphatic heterocycles. The number of hydrogen-bond acceptors (Lipinski definition) is 6. The van der Waals surface area contributed by atoms with Gasteiger partial charge < -0.3 is 16.2 Å². The van der Waals surface area contributed by atoms with Crippen LogP contribution in [0.25, 0.3) is 10.6 Å². The van der Waals surface area contributed by atoms with E-state index in [9.17, 15) is 9.59 Å². The molecule has 0 atom stereocenters. The molecule has 7 nitrogen and oxygen atoms in total. The van der Waals surface area contributed by atoms with Gasteiger partial charge in [-0.15, -0.1) is 0 Å². The van der Waals surface area contributed by atoms with Crippen molar-refractivity contribution in [2.45, 2.75) is 38.6 Å². The lowest BCUT2D eigenvalue weighted by atomic mass is 10.0. The molecule has 0 aliphatic carbocycles. The van der Waals surface area contributed by atoms with Gasteiger partial charge in [0, 0.05) is 36.5 Å². The first-order chi connectivity index (χ1) is 14.6. The van der Waals surface area contributed by atoms with Crippen molar-refractivity contribution in [3.05, 3.63) is 65.6 Å². The first kappa shape index (κ1) is 21.6. The van der Waals surface area contributed by atoms with Crippen molar-refractivity contribution in [3.8, 4) is 10.6 Å². The standard InChI is InChI=1S/C22H24N4O3S/c23-14-18-22(30-21(25-18)17-10-12-24-13-11-17)26-20(29)16-8-6-15(7-9-16)4-2-1-3-5-19(27)28/h6-13H,1-5,14,23H2,(H,26,29)(H,27,28). The Morgan fingerprint density at radius 1 is 1.03 bits per heavy atom. The maximum absolute atomic E-state index is 12.7. The number of carbonyl (C=O) groups is 2. The Hall–Kier alpha value is -3.10. The summed E-state index contributed by atoms with van der Waals surface area (Å²) in [5.41, 5.74) is 9.08. The van der Waals surface area contributed by atoms with Crippen LogP contribution in [0.2, 0.25) is 0 Å². The third kappa shape index (κ3) is 5.95. The third-order valence-corrected chi connectivity index (χ3v) is 5.68. The molecule has 1 aromatic carbocycles. The molecule has 156 valence electrons. The van der Waals surface area contributed by atoms with E-state index in [0.717, 1.165) is 35.4 Å². The molecule has 2 heterocycles. The number of carboxylic acids is 1. The molecule has 3 rings (SSSR count). The van der Waals surface area contributed by atoms with Gasteiger partial charge in [-0.25, -0.2) is 4.98 Å². The number of unbranched alkanes of at least 4 members (excludes halogenated alkanes) is 2. The third-order valence-electron chi connectivity index (χ3n) is 4.62. The van der Waals surface area contributed by atoms with Gasteiger partial charge in [0.25, 0.3) is 5.91 Å². The van der Waals surface area contributed by atoms with Crippen molar-refractivity contribution < 1.29 is 14.7 Å². The lowest BCUT2D eigenvalue weighted by Gasteiger charge is -2.06. The van der Waals surface area contributed by atoms with Crippen LogP contribution in [0.3, 0.4) is 0 Å². The SMILES string of the molecule is NCc1nc(-c2ccncc2)sc1NC(=O)c1ccc(CCCCCC(=O)O)cc1. The second kappa shape index (κ2) is 10.6. The van der Waals surface area contributed by atoms with Gasteiger partial charge >= 0.3 is 5.97 Å². The van der Waals surface area contributed by atoms with Crippen molar-refractivity contribution >= 4 is 28.2 Å². The molecule has 8 heteroatoms. The molecule has 0 bridgehead atoms. The number of aromatic nitrogens is 2. The summed E-state index contributed by atoms with van der Waals surface area (Å²) in [6.07, 6.45) is 6.97. The minimum atomic E-state index is -0.753. The Morgan fingerprint density at radius 2 is 1.77 bits per heavy atom. The average molecular weight is 425 g/mol. The predicted octanol–water partition coefficient (Wildman–Crippen LogP) is 4.10. The van der Waals surface area contributed by atoms with Crippen LogP contribution < -0.4 is 11.1 Å². The number of nitrogens with one attached hydrogen (secondary N) is 1. The first-order valence-electron chi connectivity index (χ1n) is 9.79. The molecule has 0 aliphatic rings. The van der Waals surface area contributed by atoms with Crippen LogP contribution in [0, 0.1) is 0 Å². The summed E-state index contributed by atoms with van der Waals surface area (Å²) in [7, 11) is 0. The number of hydrogen-bond donors (Lipinski definition) is 3. The summed E-state index contributed by atoms with van der Waals surface area (Å²) in [4.78, 5) is 31.7. The van der Waals surface area contributed by atoms with Gasteiger partial charge in [-0.05, 0) is 49.1 Å². The van der Waals surface area contributed by atoms with Gasteiger partial charge in [0.15, 0.2) is 0 Å². The molecule has 3 aromatic rings. The molecule has 0 spiro atoms. The number of aliphatic carboxylic acids is 1. The highest BCUT2D eigenvalue weighted by Gasteiger charge is 2.15. The maximum atomic E-state index is 12.7. The topological polar surface area (TPSA) is 118 Å². The summed E-state index contributed by atoms with van der Waals surface area (Å²) in [5.74, 6) is -0.959. The zero-order chi connectivity index (χ0) is 21.3. The molecule has 0 radical (unpaired) electrons. The van der Waals surface area contributed by atoms with Crippen molar-refractivity contribution in [1.82, 2.24) is 9.97 Å². The van der Waals surface area contributed by atoms with E-state index in [1.165, 1.54) is 11.3 Å². The highest BCUT2D eigenvalue weighted by atomic mass is 32.1. The highest BCUT2D eigenvalue weighted by molar-refractivity contribution is 7.19. The summed E-state index contributed by atoms with van der Waals surface area (Å²) >= 11 is 1.39. The molecule has 1 amide bonds. The number of carbonyl (C=O) groups excluding carboxylic acids is 1. The van der Waals surface area contributed by atoms with Gasteiger partial charge in [-0.3, -0.25) is 14.6 Å². The van der Waals surface area contributed by atoms with E-state index in [4.69, 9.17) is 10.8 Å². The van der Waals surface area contributed by atoms with Crippen LogP contribution in [0.1, 0.15) is 47.3 Å². The number of amides is 1. The van der Waals surface area contributed by atoms with Crippen molar-refractivity contribution in [3.63, 3.8) is 0 Å². The largest absolute Gasteiger partial charge is 0.481 e. The van der Waals surface area contributed by atoms with Crippen molar-refractivity contribution in [2.75, 3.05) is 5.32 Å². The van der Waals surface area contributed by atoms with Gasteiger partial charge in [0.2, 0.25) is 0 Å². The number of nitrogens with zero attached hydrogens (tertiary/aromatic N) is 2. The summed E-state index contributed by atoms with van der Waals surface area (Å²) in [6, 6.07) is 11.2. The van der Waals surface area contributed by atoms with Crippen molar-refractivity contribution in [2.24, 2.45) is 5.73 Å². The number of benzene rings is 1. The maximum Gasteiger partial charge on any atom is 0.303 e. The lowest BCUT2D eigenvalue weighted by Crippen LogP contribution is -2.13. The Balaban J connectivity index is 1.59. The molecule has 2 aromatic heterocycles. The monoisotopic (exact) mass is 424 g/mol. The number of anilines is 1. The van der Waals surface area contributed by atoms with Gasteiger partial charge in [0.1, 0.15) is 10.0 Å². The second-order valence-corrected chi connectivity index (χ2v) is 7.84. The summed E-state index contributed by atoms with van der Waals surface area (Å²) in [6.45, 7) is 0.234. The summed E-state index contributed by atoms with van der Waals surface area (Å²) in [5, 5.41) is 13.0. The van der Waals surface area contributed by atoms with E-state index >= 15 is 0 Å². The Labute approximate surface area is 179 Å². The quantitative estimate of drug-likeness (QED) is 0.422. The first-order valence-corrected chi connectivity index (χ1v) is 10.6. The molecule has 0 saturated heterocycles. The van der Waals surface area contributed by atoms with Crippen LogP contribution in [0.5, 0.6) is 0 Å². The van der Waals surface area contributed by atoms with Crippen LogP contribution >= 0.6 is 11.3 Å². The zero-order valence-electron chi connectivity index (χ0n) is 16.5. The molecule has 0 fully saturated rings. The fourth-order valence-electron chi connectivity index (χ4n) is 2.99.